The van der Waals surface area contributed by atoms with Crippen molar-refractivity contribution >= 4 is 5.97 Å². The van der Waals surface area contributed by atoms with Crippen LogP contribution in [0, 0.1) is 0 Å². The van der Waals surface area contributed by atoms with Gasteiger partial charge in [-0.2, -0.15) is 26.3 Å². The van der Waals surface area contributed by atoms with E-state index in [1.54, 1.807) is 12.1 Å². The molecular formula is C20H18F6O5. The Morgan fingerprint density at radius 3 is 1.90 bits per heavy atom. The van der Waals surface area contributed by atoms with E-state index in [-0.39, 0.29) is 29.9 Å². The molecule has 0 saturated heterocycles. The number of benzene rings is 2. The van der Waals surface area contributed by atoms with E-state index in [1.165, 1.54) is 19.2 Å². The Labute approximate surface area is 173 Å². The number of aliphatic hydroxyl groups is 1. The van der Waals surface area contributed by atoms with E-state index in [0.717, 1.165) is 13.2 Å². The molecule has 5 nitrogen and oxygen atoms in total. The third-order valence-corrected chi connectivity index (χ3v) is 4.41. The number of methoxy groups -OCH3 is 2. The van der Waals surface area contributed by atoms with Crippen LogP contribution < -0.4 is 14.2 Å². The van der Waals surface area contributed by atoms with E-state index >= 15 is 0 Å². The van der Waals surface area contributed by atoms with Gasteiger partial charge in [-0.3, -0.25) is 4.79 Å². The van der Waals surface area contributed by atoms with Crippen LogP contribution in [-0.2, 0) is 16.8 Å². The normalized spacial score (nSPS) is 12.4. The first-order valence-corrected chi connectivity index (χ1v) is 8.71. The molecule has 0 aliphatic carbocycles. The molecule has 0 fully saturated rings. The molecule has 31 heavy (non-hydrogen) atoms. The van der Waals surface area contributed by atoms with E-state index in [0.29, 0.717) is 17.9 Å². The standard InChI is InChI=1S/C20H18F6O5/c1-29-14-6-8-15(9-7-14)31-17(27)10-4-12-3-5-13(11-16(12)30-2)18(28,19(21,22)23)20(24,25)26/h3,5-9,11,28H,4,10H2,1-2H3. The number of rotatable bonds is 7. The lowest BCUT2D eigenvalue weighted by Gasteiger charge is -2.33. The highest BCUT2D eigenvalue weighted by Gasteiger charge is 2.71. The second-order valence-electron chi connectivity index (χ2n) is 6.38. The lowest BCUT2D eigenvalue weighted by atomic mass is 9.90. The van der Waals surface area contributed by atoms with Crippen LogP contribution in [0.15, 0.2) is 42.5 Å². The van der Waals surface area contributed by atoms with Crippen molar-refractivity contribution in [2.24, 2.45) is 0 Å². The van der Waals surface area contributed by atoms with Gasteiger partial charge in [-0.05, 0) is 42.3 Å². The first-order valence-electron chi connectivity index (χ1n) is 8.71. The number of aryl methyl sites for hydroxylation is 1. The van der Waals surface area contributed by atoms with Crippen molar-refractivity contribution in [1.29, 1.82) is 0 Å². The molecule has 2 rings (SSSR count). The summed E-state index contributed by atoms with van der Waals surface area (Å²) in [6.07, 6.45) is -12.3. The van der Waals surface area contributed by atoms with E-state index in [1.807, 2.05) is 0 Å². The van der Waals surface area contributed by atoms with E-state index in [4.69, 9.17) is 14.2 Å². The number of alkyl halides is 6. The number of carbonyl (C=O) groups is 1. The summed E-state index contributed by atoms with van der Waals surface area (Å²) in [5.74, 6) is -0.254. The van der Waals surface area contributed by atoms with Crippen LogP contribution >= 0.6 is 0 Å². The Hall–Kier alpha value is -2.95. The van der Waals surface area contributed by atoms with E-state index in [2.05, 4.69) is 0 Å². The summed E-state index contributed by atoms with van der Waals surface area (Å²) >= 11 is 0. The van der Waals surface area contributed by atoms with Crippen molar-refractivity contribution < 1.29 is 50.5 Å². The number of ether oxygens (including phenoxy) is 3. The van der Waals surface area contributed by atoms with Crippen LogP contribution in [0.5, 0.6) is 17.2 Å². The highest BCUT2D eigenvalue weighted by atomic mass is 19.4. The zero-order valence-corrected chi connectivity index (χ0v) is 16.3. The summed E-state index contributed by atoms with van der Waals surface area (Å²) in [5, 5.41) is 9.50. The molecule has 0 unspecified atom stereocenters. The van der Waals surface area contributed by atoms with Gasteiger partial charge in [0.2, 0.25) is 0 Å². The third-order valence-electron chi connectivity index (χ3n) is 4.41. The first kappa shape index (κ1) is 24.3. The first-order chi connectivity index (χ1) is 14.3. The zero-order chi connectivity index (χ0) is 23.4. The molecule has 0 amide bonds. The number of esters is 1. The maximum Gasteiger partial charge on any atom is 0.430 e. The minimum absolute atomic E-state index is 0.0884. The van der Waals surface area contributed by atoms with Crippen molar-refractivity contribution in [2.45, 2.75) is 30.8 Å². The van der Waals surface area contributed by atoms with E-state index in [9.17, 15) is 36.2 Å². The van der Waals surface area contributed by atoms with Gasteiger partial charge < -0.3 is 19.3 Å². The minimum atomic E-state index is -6.01. The molecule has 2 aromatic rings. The number of halogens is 6. The van der Waals surface area contributed by atoms with Gasteiger partial charge in [-0.25, -0.2) is 0 Å². The molecule has 11 heteroatoms. The van der Waals surface area contributed by atoms with Crippen molar-refractivity contribution in [1.82, 2.24) is 0 Å². The lowest BCUT2D eigenvalue weighted by molar-refractivity contribution is -0.376. The fourth-order valence-electron chi connectivity index (χ4n) is 2.73. The van der Waals surface area contributed by atoms with Crippen molar-refractivity contribution in [3.63, 3.8) is 0 Å². The van der Waals surface area contributed by atoms with Crippen molar-refractivity contribution in [3.05, 3.63) is 53.6 Å². The molecule has 0 aliphatic heterocycles. The van der Waals surface area contributed by atoms with Gasteiger partial charge in [-0.15, -0.1) is 0 Å². The molecule has 0 saturated carbocycles. The molecule has 0 radical (unpaired) electrons. The number of hydrogen-bond acceptors (Lipinski definition) is 5. The summed E-state index contributed by atoms with van der Waals surface area (Å²) in [6.45, 7) is 0. The van der Waals surface area contributed by atoms with Gasteiger partial charge in [0, 0.05) is 5.56 Å². The fourth-order valence-corrected chi connectivity index (χ4v) is 2.73. The largest absolute Gasteiger partial charge is 0.497 e. The SMILES string of the molecule is COc1ccc(OC(=O)CCc2ccc(C(O)(C(F)(F)F)C(F)(F)F)cc2OC)cc1. The Morgan fingerprint density at radius 2 is 1.42 bits per heavy atom. The monoisotopic (exact) mass is 452 g/mol. The molecule has 0 bridgehead atoms. The lowest BCUT2D eigenvalue weighted by Crippen LogP contribution is -2.53. The summed E-state index contributed by atoms with van der Waals surface area (Å²) < 4.78 is 93.2. The smallest absolute Gasteiger partial charge is 0.430 e. The fraction of sp³-hybridized carbons (Fsp3) is 0.350. The Bertz CT molecular complexity index is 892. The van der Waals surface area contributed by atoms with Gasteiger partial charge >= 0.3 is 18.3 Å². The zero-order valence-electron chi connectivity index (χ0n) is 16.3. The second-order valence-corrected chi connectivity index (χ2v) is 6.38. The summed E-state index contributed by atoms with van der Waals surface area (Å²) in [5.41, 5.74) is -6.36. The average Bonchev–Trinajstić information content (AvgIpc) is 2.70. The molecule has 0 aromatic heterocycles. The Kier molecular flexibility index (Phi) is 7.10. The molecular weight excluding hydrogens is 434 g/mol. The molecule has 170 valence electrons. The summed E-state index contributed by atoms with van der Waals surface area (Å²) in [4.78, 5) is 12.0. The van der Waals surface area contributed by atoms with Gasteiger partial charge in [0.25, 0.3) is 5.60 Å². The van der Waals surface area contributed by atoms with Crippen molar-refractivity contribution in [3.8, 4) is 17.2 Å². The molecule has 0 heterocycles. The summed E-state index contributed by atoms with van der Waals surface area (Å²) in [6, 6.07) is 7.97. The maximum absolute atomic E-state index is 13.1. The Morgan fingerprint density at radius 1 is 0.871 bits per heavy atom. The predicted molar refractivity (Wildman–Crippen MR) is 96.0 cm³/mol. The van der Waals surface area contributed by atoms with Gasteiger partial charge in [0.1, 0.15) is 17.2 Å². The molecule has 1 N–H and O–H groups in total. The van der Waals surface area contributed by atoms with Crippen LogP contribution in [0.2, 0.25) is 0 Å². The van der Waals surface area contributed by atoms with Crippen LogP contribution in [-0.4, -0.2) is 37.6 Å². The highest BCUT2D eigenvalue weighted by molar-refractivity contribution is 5.72. The minimum Gasteiger partial charge on any atom is -0.497 e. The highest BCUT2D eigenvalue weighted by Crippen LogP contribution is 2.50. The third kappa shape index (κ3) is 5.22. The predicted octanol–water partition coefficient (Wildman–Crippen LogP) is 4.55. The average molecular weight is 452 g/mol. The van der Waals surface area contributed by atoms with Gasteiger partial charge in [0.15, 0.2) is 0 Å². The van der Waals surface area contributed by atoms with Crippen LogP contribution in [0.1, 0.15) is 17.5 Å². The molecule has 0 spiro atoms. The van der Waals surface area contributed by atoms with Crippen molar-refractivity contribution in [2.75, 3.05) is 14.2 Å². The Balaban J connectivity index is 2.18. The molecule has 2 aromatic carbocycles. The summed E-state index contributed by atoms with van der Waals surface area (Å²) in [7, 11) is 2.50. The number of hydrogen-bond donors (Lipinski definition) is 1. The van der Waals surface area contributed by atoms with Crippen LogP contribution in [0.4, 0.5) is 26.3 Å². The quantitative estimate of drug-likeness (QED) is 0.379. The van der Waals surface area contributed by atoms with E-state index < -0.39 is 29.5 Å². The number of carbonyl (C=O) groups excluding carboxylic acids is 1. The maximum atomic E-state index is 13.1. The molecule has 0 atom stereocenters. The van der Waals surface area contributed by atoms with Crippen LogP contribution in [0.25, 0.3) is 0 Å². The topological polar surface area (TPSA) is 65.0 Å². The van der Waals surface area contributed by atoms with Gasteiger partial charge in [-0.1, -0.05) is 12.1 Å². The second kappa shape index (κ2) is 9.04. The van der Waals surface area contributed by atoms with Gasteiger partial charge in [0.05, 0.1) is 20.6 Å². The molecule has 0 aliphatic rings. The van der Waals surface area contributed by atoms with Crippen LogP contribution in [0.3, 0.4) is 0 Å².